The van der Waals surface area contributed by atoms with Crippen molar-refractivity contribution in [3.8, 4) is 17.1 Å². The van der Waals surface area contributed by atoms with Gasteiger partial charge in [-0.1, -0.05) is 25.1 Å². The molecule has 10 heteroatoms. The van der Waals surface area contributed by atoms with E-state index in [-0.39, 0.29) is 0 Å². The molecule has 1 heterocycles. The Balaban J connectivity index is 2.19. The second-order valence-electron chi connectivity index (χ2n) is 6.13. The largest absolute Gasteiger partial charge is 0.497 e. The fourth-order valence-corrected chi connectivity index (χ4v) is 3.29. The van der Waals surface area contributed by atoms with Gasteiger partial charge in [0.15, 0.2) is 11.0 Å². The molecule has 6 nitrogen and oxygen atoms in total. The second-order valence-corrected chi connectivity index (χ2v) is 7.44. The standard InChI is InChI=1S/C18H23F3N4O2S/c1-4-5-10-25-15(13-6-8-14(27-3)9-7-13)23-24-17(25)28-12(2)16(26)22-11-18(19,20)21/h6-9,12H,4-5,10-11H2,1-3H3,(H,22,26). The molecule has 0 aliphatic carbocycles. The van der Waals surface area contributed by atoms with Crippen molar-refractivity contribution in [1.82, 2.24) is 20.1 Å². The lowest BCUT2D eigenvalue weighted by Gasteiger charge is -2.14. The summed E-state index contributed by atoms with van der Waals surface area (Å²) >= 11 is 1.09. The molecule has 2 rings (SSSR count). The van der Waals surface area contributed by atoms with Crippen molar-refractivity contribution in [3.05, 3.63) is 24.3 Å². The van der Waals surface area contributed by atoms with Crippen LogP contribution < -0.4 is 10.1 Å². The van der Waals surface area contributed by atoms with Gasteiger partial charge in [-0.15, -0.1) is 10.2 Å². The highest BCUT2D eigenvalue weighted by molar-refractivity contribution is 8.00. The fraction of sp³-hybridized carbons (Fsp3) is 0.500. The summed E-state index contributed by atoms with van der Waals surface area (Å²) in [6.45, 7) is 2.89. The molecule has 0 bridgehead atoms. The summed E-state index contributed by atoms with van der Waals surface area (Å²) in [6.07, 6.45) is -2.61. The molecular formula is C18H23F3N4O2S. The number of benzene rings is 1. The van der Waals surface area contributed by atoms with E-state index in [2.05, 4.69) is 17.1 Å². The predicted octanol–water partition coefficient (Wildman–Crippen LogP) is 3.91. The van der Waals surface area contributed by atoms with E-state index in [0.717, 1.165) is 30.2 Å². The molecule has 0 radical (unpaired) electrons. The van der Waals surface area contributed by atoms with Gasteiger partial charge in [0.1, 0.15) is 12.3 Å². The Bertz CT molecular complexity index is 778. The van der Waals surface area contributed by atoms with Gasteiger partial charge < -0.3 is 14.6 Å². The number of carbonyl (C=O) groups is 1. The van der Waals surface area contributed by atoms with Gasteiger partial charge >= 0.3 is 6.18 Å². The van der Waals surface area contributed by atoms with Crippen LogP contribution in [0, 0.1) is 0 Å². The zero-order chi connectivity index (χ0) is 20.7. The Kier molecular flexibility index (Phi) is 7.73. The number of nitrogens with zero attached hydrogens (tertiary/aromatic N) is 3. The van der Waals surface area contributed by atoms with Gasteiger partial charge in [-0.05, 0) is 37.6 Å². The minimum atomic E-state index is -4.44. The van der Waals surface area contributed by atoms with Gasteiger partial charge in [0.25, 0.3) is 0 Å². The van der Waals surface area contributed by atoms with Crippen LogP contribution in [0.5, 0.6) is 5.75 Å². The molecule has 1 unspecified atom stereocenters. The van der Waals surface area contributed by atoms with Crippen LogP contribution >= 0.6 is 11.8 Å². The Morgan fingerprint density at radius 1 is 1.29 bits per heavy atom. The zero-order valence-electron chi connectivity index (χ0n) is 15.9. The van der Waals surface area contributed by atoms with E-state index in [4.69, 9.17) is 4.74 Å². The molecule has 0 fully saturated rings. The Morgan fingerprint density at radius 3 is 2.54 bits per heavy atom. The van der Waals surface area contributed by atoms with E-state index in [1.165, 1.54) is 0 Å². The van der Waals surface area contributed by atoms with Gasteiger partial charge in [0.2, 0.25) is 5.91 Å². The lowest BCUT2D eigenvalue weighted by atomic mass is 10.2. The maximum Gasteiger partial charge on any atom is 0.405 e. The SMILES string of the molecule is CCCCn1c(SC(C)C(=O)NCC(F)(F)F)nnc1-c1ccc(OC)cc1. The average molecular weight is 416 g/mol. The molecule has 0 spiro atoms. The Morgan fingerprint density at radius 2 is 1.96 bits per heavy atom. The number of carbonyl (C=O) groups excluding carboxylic acids is 1. The first-order valence-corrected chi connectivity index (χ1v) is 9.72. The van der Waals surface area contributed by atoms with Crippen LogP contribution in [0.1, 0.15) is 26.7 Å². The highest BCUT2D eigenvalue weighted by atomic mass is 32.2. The fourth-order valence-electron chi connectivity index (χ4n) is 2.39. The summed E-state index contributed by atoms with van der Waals surface area (Å²) in [5.41, 5.74) is 0.838. The number of alkyl halides is 3. The van der Waals surface area contributed by atoms with Crippen molar-refractivity contribution < 1.29 is 22.7 Å². The molecular weight excluding hydrogens is 393 g/mol. The third-order valence-corrected chi connectivity index (χ3v) is 5.00. The number of thioether (sulfide) groups is 1. The van der Waals surface area contributed by atoms with Crippen LogP contribution in [0.25, 0.3) is 11.4 Å². The number of halogens is 3. The molecule has 1 atom stereocenters. The highest BCUT2D eigenvalue weighted by Gasteiger charge is 2.29. The minimum Gasteiger partial charge on any atom is -0.497 e. The van der Waals surface area contributed by atoms with E-state index in [9.17, 15) is 18.0 Å². The number of aromatic nitrogens is 3. The van der Waals surface area contributed by atoms with Crippen molar-refractivity contribution in [1.29, 1.82) is 0 Å². The third kappa shape index (κ3) is 6.15. The molecule has 0 saturated carbocycles. The first-order chi connectivity index (χ1) is 13.2. The maximum atomic E-state index is 12.3. The molecule has 1 aromatic carbocycles. The van der Waals surface area contributed by atoms with E-state index < -0.39 is 23.9 Å². The number of methoxy groups -OCH3 is 1. The monoisotopic (exact) mass is 416 g/mol. The predicted molar refractivity (Wildman–Crippen MR) is 101 cm³/mol. The van der Waals surface area contributed by atoms with Crippen molar-refractivity contribution in [2.24, 2.45) is 0 Å². The first kappa shape index (κ1) is 22.1. The molecule has 1 aromatic heterocycles. The smallest absolute Gasteiger partial charge is 0.405 e. The molecule has 0 saturated heterocycles. The van der Waals surface area contributed by atoms with Crippen molar-refractivity contribution in [3.63, 3.8) is 0 Å². The summed E-state index contributed by atoms with van der Waals surface area (Å²) in [6, 6.07) is 7.35. The normalized spacial score (nSPS) is 12.6. The summed E-state index contributed by atoms with van der Waals surface area (Å²) in [4.78, 5) is 12.0. The van der Waals surface area contributed by atoms with E-state index in [1.54, 1.807) is 14.0 Å². The maximum absolute atomic E-state index is 12.3. The molecule has 154 valence electrons. The quantitative estimate of drug-likeness (QED) is 0.628. The number of hydrogen-bond donors (Lipinski definition) is 1. The number of ether oxygens (including phenoxy) is 1. The minimum absolute atomic E-state index is 0.494. The van der Waals surface area contributed by atoms with Crippen LogP contribution in [0.15, 0.2) is 29.4 Å². The summed E-state index contributed by atoms with van der Waals surface area (Å²) in [5.74, 6) is 0.660. The van der Waals surface area contributed by atoms with Crippen LogP contribution in [-0.4, -0.2) is 45.8 Å². The van der Waals surface area contributed by atoms with Crippen LogP contribution in [0.4, 0.5) is 13.2 Å². The third-order valence-electron chi connectivity index (χ3n) is 3.91. The molecule has 2 aromatic rings. The molecule has 0 aliphatic rings. The Hall–Kier alpha value is -2.23. The van der Waals surface area contributed by atoms with Crippen molar-refractivity contribution in [2.75, 3.05) is 13.7 Å². The van der Waals surface area contributed by atoms with Gasteiger partial charge in [0, 0.05) is 12.1 Å². The molecule has 28 heavy (non-hydrogen) atoms. The first-order valence-electron chi connectivity index (χ1n) is 8.84. The number of nitrogens with one attached hydrogen (secondary N) is 1. The number of amides is 1. The number of unbranched alkanes of at least 4 members (excludes halogenated alkanes) is 1. The summed E-state index contributed by atoms with van der Waals surface area (Å²) in [5, 5.41) is 10.0. The zero-order valence-corrected chi connectivity index (χ0v) is 16.7. The second kappa shape index (κ2) is 9.81. The lowest BCUT2D eigenvalue weighted by molar-refractivity contribution is -0.137. The van der Waals surface area contributed by atoms with Crippen LogP contribution in [0.2, 0.25) is 0 Å². The number of hydrogen-bond acceptors (Lipinski definition) is 5. The van der Waals surface area contributed by atoms with Crippen LogP contribution in [0.3, 0.4) is 0 Å². The van der Waals surface area contributed by atoms with E-state index in [1.807, 2.05) is 34.1 Å². The van der Waals surface area contributed by atoms with Crippen LogP contribution in [-0.2, 0) is 11.3 Å². The molecule has 1 amide bonds. The molecule has 0 aliphatic heterocycles. The highest BCUT2D eigenvalue weighted by Crippen LogP contribution is 2.28. The topological polar surface area (TPSA) is 69.0 Å². The average Bonchev–Trinajstić information content (AvgIpc) is 3.06. The van der Waals surface area contributed by atoms with Crippen molar-refractivity contribution >= 4 is 17.7 Å². The number of rotatable bonds is 9. The van der Waals surface area contributed by atoms with Gasteiger partial charge in [-0.2, -0.15) is 13.2 Å². The summed E-state index contributed by atoms with van der Waals surface area (Å²) < 4.78 is 43.9. The summed E-state index contributed by atoms with van der Waals surface area (Å²) in [7, 11) is 1.58. The Labute approximate surface area is 165 Å². The van der Waals surface area contributed by atoms with Gasteiger partial charge in [0.05, 0.1) is 12.4 Å². The molecule has 1 N–H and O–H groups in total. The van der Waals surface area contributed by atoms with Gasteiger partial charge in [-0.25, -0.2) is 0 Å². The van der Waals surface area contributed by atoms with Crippen molar-refractivity contribution in [2.45, 2.75) is 49.8 Å². The van der Waals surface area contributed by atoms with E-state index in [0.29, 0.717) is 23.3 Å². The lowest BCUT2D eigenvalue weighted by Crippen LogP contribution is -2.38. The van der Waals surface area contributed by atoms with E-state index >= 15 is 0 Å². The van der Waals surface area contributed by atoms with Gasteiger partial charge in [-0.3, -0.25) is 4.79 Å².